The maximum absolute atomic E-state index is 12.4. The summed E-state index contributed by atoms with van der Waals surface area (Å²) in [5.74, 6) is 0.470. The first-order valence-corrected chi connectivity index (χ1v) is 9.20. The standard InChI is InChI=1S/C23H20N4O/c1-2-16-8-11-19(12-9-16)26-23(28)18-10-13-21(25-15-18)27-20-7-3-5-17-6-4-14-24-22(17)20/h3-15H,2H2,1H3,(H,25,27)(H,26,28). The SMILES string of the molecule is CCc1ccc(NC(=O)c2ccc(Nc3cccc4cccnc34)nc2)cc1. The molecule has 0 unspecified atom stereocenters. The zero-order valence-electron chi connectivity index (χ0n) is 15.5. The van der Waals surface area contributed by atoms with Crippen LogP contribution in [0.25, 0.3) is 10.9 Å². The number of rotatable bonds is 5. The second-order valence-corrected chi connectivity index (χ2v) is 6.44. The Morgan fingerprint density at radius 3 is 2.50 bits per heavy atom. The van der Waals surface area contributed by atoms with Gasteiger partial charge in [0.05, 0.1) is 16.8 Å². The van der Waals surface area contributed by atoms with E-state index in [2.05, 4.69) is 27.5 Å². The number of pyridine rings is 2. The smallest absolute Gasteiger partial charge is 0.257 e. The number of carbonyl (C=O) groups is 1. The predicted molar refractivity (Wildman–Crippen MR) is 113 cm³/mol. The molecule has 2 aromatic carbocycles. The van der Waals surface area contributed by atoms with E-state index in [1.54, 1.807) is 24.5 Å². The molecular formula is C23H20N4O. The molecule has 0 aliphatic rings. The number of nitrogens with zero attached hydrogens (tertiary/aromatic N) is 2. The number of nitrogens with one attached hydrogen (secondary N) is 2. The average Bonchev–Trinajstić information content (AvgIpc) is 2.75. The Bertz CT molecular complexity index is 1100. The van der Waals surface area contributed by atoms with Gasteiger partial charge >= 0.3 is 0 Å². The lowest BCUT2D eigenvalue weighted by Gasteiger charge is -2.09. The maximum Gasteiger partial charge on any atom is 0.257 e. The number of anilines is 3. The number of aromatic nitrogens is 2. The summed E-state index contributed by atoms with van der Waals surface area (Å²) >= 11 is 0. The third kappa shape index (κ3) is 3.83. The zero-order valence-corrected chi connectivity index (χ0v) is 15.5. The Labute approximate surface area is 163 Å². The third-order valence-electron chi connectivity index (χ3n) is 4.54. The fourth-order valence-electron chi connectivity index (χ4n) is 2.97. The van der Waals surface area contributed by atoms with E-state index in [4.69, 9.17) is 0 Å². The van der Waals surface area contributed by atoms with E-state index in [0.29, 0.717) is 11.4 Å². The van der Waals surface area contributed by atoms with E-state index in [1.165, 1.54) is 5.56 Å². The van der Waals surface area contributed by atoms with E-state index in [1.807, 2.05) is 54.6 Å². The lowest BCUT2D eigenvalue weighted by atomic mass is 10.1. The van der Waals surface area contributed by atoms with Crippen LogP contribution in [0.5, 0.6) is 0 Å². The van der Waals surface area contributed by atoms with Crippen LogP contribution in [0.3, 0.4) is 0 Å². The van der Waals surface area contributed by atoms with Gasteiger partial charge in [0.1, 0.15) is 5.82 Å². The van der Waals surface area contributed by atoms with Crippen molar-refractivity contribution < 1.29 is 4.79 Å². The quantitative estimate of drug-likeness (QED) is 0.509. The Morgan fingerprint density at radius 1 is 0.929 bits per heavy atom. The van der Waals surface area contributed by atoms with Gasteiger partial charge in [0.25, 0.3) is 5.91 Å². The van der Waals surface area contributed by atoms with E-state index in [0.717, 1.165) is 28.7 Å². The molecule has 0 spiro atoms. The normalized spacial score (nSPS) is 10.6. The van der Waals surface area contributed by atoms with Gasteiger partial charge in [0.15, 0.2) is 0 Å². The molecule has 1 amide bonds. The molecule has 0 bridgehead atoms. The third-order valence-corrected chi connectivity index (χ3v) is 4.54. The summed E-state index contributed by atoms with van der Waals surface area (Å²) in [6.45, 7) is 2.10. The number of carbonyl (C=O) groups excluding carboxylic acids is 1. The highest BCUT2D eigenvalue weighted by Crippen LogP contribution is 2.23. The number of amides is 1. The van der Waals surface area contributed by atoms with Crippen LogP contribution in [-0.4, -0.2) is 15.9 Å². The first kappa shape index (κ1) is 17.7. The van der Waals surface area contributed by atoms with Crippen molar-refractivity contribution in [3.05, 3.63) is 90.3 Å². The molecule has 138 valence electrons. The lowest BCUT2D eigenvalue weighted by Crippen LogP contribution is -2.12. The summed E-state index contributed by atoms with van der Waals surface area (Å²) in [5, 5.41) is 7.22. The first-order valence-electron chi connectivity index (χ1n) is 9.20. The van der Waals surface area contributed by atoms with Crippen molar-refractivity contribution in [1.29, 1.82) is 0 Å². The van der Waals surface area contributed by atoms with Crippen molar-refractivity contribution in [2.75, 3.05) is 10.6 Å². The topological polar surface area (TPSA) is 66.9 Å². The van der Waals surface area contributed by atoms with Crippen LogP contribution in [0.2, 0.25) is 0 Å². The highest BCUT2D eigenvalue weighted by atomic mass is 16.1. The zero-order chi connectivity index (χ0) is 19.3. The molecule has 4 aromatic rings. The summed E-state index contributed by atoms with van der Waals surface area (Å²) in [5.41, 5.74) is 4.26. The minimum atomic E-state index is -0.185. The van der Waals surface area contributed by atoms with Gasteiger partial charge in [0.2, 0.25) is 0 Å². The van der Waals surface area contributed by atoms with Crippen molar-refractivity contribution in [3.8, 4) is 0 Å². The summed E-state index contributed by atoms with van der Waals surface area (Å²) in [7, 11) is 0. The molecule has 2 heterocycles. The average molecular weight is 368 g/mol. The fourth-order valence-corrected chi connectivity index (χ4v) is 2.97. The molecule has 0 fully saturated rings. The van der Waals surface area contributed by atoms with Gasteiger partial charge in [-0.2, -0.15) is 0 Å². The van der Waals surface area contributed by atoms with Crippen LogP contribution in [0.1, 0.15) is 22.8 Å². The molecular weight excluding hydrogens is 348 g/mol. The Balaban J connectivity index is 1.47. The Kier molecular flexibility index (Phi) is 4.97. The fraction of sp³-hybridized carbons (Fsp3) is 0.0870. The highest BCUT2D eigenvalue weighted by Gasteiger charge is 2.08. The van der Waals surface area contributed by atoms with Crippen LogP contribution in [0, 0.1) is 0 Å². The van der Waals surface area contributed by atoms with Gasteiger partial charge in [-0.05, 0) is 48.4 Å². The Morgan fingerprint density at radius 2 is 1.75 bits per heavy atom. The van der Waals surface area contributed by atoms with Gasteiger partial charge in [0, 0.05) is 23.5 Å². The molecule has 2 N–H and O–H groups in total. The van der Waals surface area contributed by atoms with Gasteiger partial charge in [-0.1, -0.05) is 37.3 Å². The van der Waals surface area contributed by atoms with Crippen molar-refractivity contribution in [3.63, 3.8) is 0 Å². The first-order chi connectivity index (χ1) is 13.7. The molecule has 5 nitrogen and oxygen atoms in total. The summed E-state index contributed by atoms with van der Waals surface area (Å²) in [6, 6.07) is 21.3. The molecule has 0 atom stereocenters. The van der Waals surface area contributed by atoms with E-state index in [9.17, 15) is 4.79 Å². The van der Waals surface area contributed by atoms with Crippen molar-refractivity contribution in [2.24, 2.45) is 0 Å². The molecule has 2 aromatic heterocycles. The second-order valence-electron chi connectivity index (χ2n) is 6.44. The molecule has 0 saturated heterocycles. The number of para-hydroxylation sites is 1. The van der Waals surface area contributed by atoms with Crippen LogP contribution >= 0.6 is 0 Å². The lowest BCUT2D eigenvalue weighted by molar-refractivity contribution is 0.102. The monoisotopic (exact) mass is 368 g/mol. The van der Waals surface area contributed by atoms with Gasteiger partial charge in [-0.3, -0.25) is 9.78 Å². The molecule has 0 radical (unpaired) electrons. The molecule has 28 heavy (non-hydrogen) atoms. The summed E-state index contributed by atoms with van der Waals surface area (Å²) < 4.78 is 0. The van der Waals surface area contributed by atoms with Crippen LogP contribution < -0.4 is 10.6 Å². The number of benzene rings is 2. The second kappa shape index (κ2) is 7.88. The van der Waals surface area contributed by atoms with Crippen molar-refractivity contribution in [2.45, 2.75) is 13.3 Å². The summed E-state index contributed by atoms with van der Waals surface area (Å²) in [6.07, 6.45) is 4.30. The number of aryl methyl sites for hydroxylation is 1. The largest absolute Gasteiger partial charge is 0.338 e. The number of hydrogen-bond acceptors (Lipinski definition) is 4. The van der Waals surface area contributed by atoms with Crippen LogP contribution in [0.4, 0.5) is 17.2 Å². The highest BCUT2D eigenvalue weighted by molar-refractivity contribution is 6.04. The molecule has 0 aliphatic carbocycles. The predicted octanol–water partition coefficient (Wildman–Crippen LogP) is 5.19. The molecule has 0 aliphatic heterocycles. The van der Waals surface area contributed by atoms with Crippen LogP contribution in [0.15, 0.2) is 79.1 Å². The Hall–Kier alpha value is -3.73. The number of hydrogen-bond donors (Lipinski definition) is 2. The molecule has 4 rings (SSSR count). The van der Waals surface area contributed by atoms with Gasteiger partial charge < -0.3 is 10.6 Å². The maximum atomic E-state index is 12.4. The molecule has 0 saturated carbocycles. The van der Waals surface area contributed by atoms with E-state index < -0.39 is 0 Å². The van der Waals surface area contributed by atoms with Gasteiger partial charge in [-0.25, -0.2) is 4.98 Å². The number of fused-ring (bicyclic) bond motifs is 1. The van der Waals surface area contributed by atoms with Crippen molar-refractivity contribution >= 4 is 34.0 Å². The minimum absolute atomic E-state index is 0.185. The van der Waals surface area contributed by atoms with Crippen molar-refractivity contribution in [1.82, 2.24) is 9.97 Å². The van der Waals surface area contributed by atoms with E-state index >= 15 is 0 Å². The van der Waals surface area contributed by atoms with E-state index in [-0.39, 0.29) is 5.91 Å². The summed E-state index contributed by atoms with van der Waals surface area (Å²) in [4.78, 5) is 21.2. The minimum Gasteiger partial charge on any atom is -0.338 e. The van der Waals surface area contributed by atoms with Gasteiger partial charge in [-0.15, -0.1) is 0 Å². The molecule has 5 heteroatoms. The van der Waals surface area contributed by atoms with Crippen LogP contribution in [-0.2, 0) is 6.42 Å².